The molecule has 0 amide bonds. The number of nitrogens with zero attached hydrogens (tertiary/aromatic N) is 2. The molecule has 6 heteroatoms. The van der Waals surface area contributed by atoms with Crippen molar-refractivity contribution in [3.63, 3.8) is 0 Å². The lowest BCUT2D eigenvalue weighted by molar-refractivity contribution is 0.687. The highest BCUT2D eigenvalue weighted by Gasteiger charge is 2.01. The van der Waals surface area contributed by atoms with Crippen LogP contribution >= 0.6 is 0 Å². The number of aromatic nitrogens is 1. The highest BCUT2D eigenvalue weighted by molar-refractivity contribution is 7.84. The number of rotatable bonds is 4. The predicted octanol–water partition coefficient (Wildman–Crippen LogP) is 0.326. The molecule has 0 spiro atoms. The van der Waals surface area contributed by atoms with Gasteiger partial charge < -0.3 is 11.1 Å². The van der Waals surface area contributed by atoms with Gasteiger partial charge in [-0.2, -0.15) is 5.26 Å². The summed E-state index contributed by atoms with van der Waals surface area (Å²) in [5.74, 6) is 1.12. The number of anilines is 2. The number of hydrogen-bond acceptors (Lipinski definition) is 5. The lowest BCUT2D eigenvalue weighted by Gasteiger charge is -2.05. The second kappa shape index (κ2) is 5.32. The van der Waals surface area contributed by atoms with E-state index in [0.29, 0.717) is 23.8 Å². The Morgan fingerprint density at radius 3 is 3.00 bits per heavy atom. The van der Waals surface area contributed by atoms with E-state index in [9.17, 15) is 4.21 Å². The summed E-state index contributed by atoms with van der Waals surface area (Å²) in [4.78, 5) is 3.99. The third kappa shape index (κ3) is 3.56. The number of nitriles is 1. The summed E-state index contributed by atoms with van der Waals surface area (Å²) in [6.45, 7) is 0.560. The lowest BCUT2D eigenvalue weighted by Crippen LogP contribution is -2.11. The smallest absolute Gasteiger partial charge is 0.165 e. The van der Waals surface area contributed by atoms with Crippen LogP contribution in [0, 0.1) is 11.3 Å². The van der Waals surface area contributed by atoms with Crippen molar-refractivity contribution in [1.29, 1.82) is 5.26 Å². The Morgan fingerprint density at radius 1 is 1.67 bits per heavy atom. The van der Waals surface area contributed by atoms with Crippen LogP contribution in [0.1, 0.15) is 5.69 Å². The van der Waals surface area contributed by atoms with E-state index in [2.05, 4.69) is 10.3 Å². The Hall–Kier alpha value is -1.61. The van der Waals surface area contributed by atoms with Crippen LogP contribution in [0.25, 0.3) is 0 Å². The van der Waals surface area contributed by atoms with Crippen LogP contribution in [0.3, 0.4) is 0 Å². The van der Waals surface area contributed by atoms with Crippen molar-refractivity contribution in [1.82, 2.24) is 4.98 Å². The van der Waals surface area contributed by atoms with Gasteiger partial charge in [-0.05, 0) is 12.1 Å². The van der Waals surface area contributed by atoms with Gasteiger partial charge in [0.25, 0.3) is 0 Å². The molecule has 1 heterocycles. The topological polar surface area (TPSA) is 91.8 Å². The van der Waals surface area contributed by atoms with Crippen LogP contribution in [0.15, 0.2) is 12.1 Å². The van der Waals surface area contributed by atoms with E-state index in [4.69, 9.17) is 11.0 Å². The Balaban J connectivity index is 2.63. The zero-order valence-electron chi connectivity index (χ0n) is 8.36. The molecule has 0 saturated heterocycles. The molecule has 0 aliphatic rings. The molecule has 0 radical (unpaired) electrons. The monoisotopic (exact) mass is 224 g/mol. The zero-order valence-corrected chi connectivity index (χ0v) is 9.17. The maximum absolute atomic E-state index is 10.8. The van der Waals surface area contributed by atoms with E-state index in [0.717, 1.165) is 0 Å². The van der Waals surface area contributed by atoms with Crippen LogP contribution in [-0.2, 0) is 10.8 Å². The minimum Gasteiger partial charge on any atom is -0.396 e. The van der Waals surface area contributed by atoms with Gasteiger partial charge in [-0.25, -0.2) is 4.98 Å². The Bertz CT molecular complexity index is 413. The van der Waals surface area contributed by atoms with Crippen molar-refractivity contribution in [2.24, 2.45) is 0 Å². The average molecular weight is 224 g/mol. The third-order valence-electron chi connectivity index (χ3n) is 1.73. The van der Waals surface area contributed by atoms with Crippen LogP contribution in [-0.4, -0.2) is 27.7 Å². The van der Waals surface area contributed by atoms with Gasteiger partial charge in [-0.15, -0.1) is 0 Å². The summed E-state index contributed by atoms with van der Waals surface area (Å²) in [6.07, 6.45) is 1.64. The van der Waals surface area contributed by atoms with E-state index >= 15 is 0 Å². The highest BCUT2D eigenvalue weighted by atomic mass is 32.2. The molecule has 0 bridgehead atoms. The molecule has 1 unspecified atom stereocenters. The molecule has 15 heavy (non-hydrogen) atoms. The molecule has 1 rings (SSSR count). The summed E-state index contributed by atoms with van der Waals surface area (Å²) < 4.78 is 10.8. The first-order chi connectivity index (χ1) is 7.13. The van der Waals surface area contributed by atoms with Crippen LogP contribution < -0.4 is 11.1 Å². The first-order valence-electron chi connectivity index (χ1n) is 4.34. The lowest BCUT2D eigenvalue weighted by atomic mass is 10.3. The van der Waals surface area contributed by atoms with Crippen molar-refractivity contribution in [2.75, 3.05) is 29.6 Å². The minimum atomic E-state index is -0.831. The molecule has 3 N–H and O–H groups in total. The van der Waals surface area contributed by atoms with Gasteiger partial charge in [0.1, 0.15) is 11.9 Å². The van der Waals surface area contributed by atoms with Crippen molar-refractivity contribution in [3.8, 4) is 6.07 Å². The second-order valence-electron chi connectivity index (χ2n) is 2.95. The maximum atomic E-state index is 10.8. The van der Waals surface area contributed by atoms with Gasteiger partial charge in [0, 0.05) is 29.4 Å². The molecule has 1 atom stereocenters. The normalized spacial score (nSPS) is 11.7. The quantitative estimate of drug-likeness (QED) is 0.768. The highest BCUT2D eigenvalue weighted by Crippen LogP contribution is 2.11. The fourth-order valence-corrected chi connectivity index (χ4v) is 1.37. The summed E-state index contributed by atoms with van der Waals surface area (Å²) >= 11 is 0. The number of pyridine rings is 1. The summed E-state index contributed by atoms with van der Waals surface area (Å²) in [7, 11) is -0.831. The molecule has 0 aliphatic carbocycles. The third-order valence-corrected chi connectivity index (χ3v) is 2.51. The van der Waals surface area contributed by atoms with E-state index in [1.807, 2.05) is 6.07 Å². The molecular formula is C9H12N4OS. The van der Waals surface area contributed by atoms with E-state index in [1.165, 1.54) is 0 Å². The largest absolute Gasteiger partial charge is 0.396 e. The van der Waals surface area contributed by atoms with Gasteiger partial charge >= 0.3 is 0 Å². The number of nitrogen functional groups attached to an aromatic ring is 1. The van der Waals surface area contributed by atoms with Crippen molar-refractivity contribution >= 4 is 22.3 Å². The summed E-state index contributed by atoms with van der Waals surface area (Å²) in [5.41, 5.74) is 6.08. The Labute approximate surface area is 90.8 Å². The number of nitrogens with two attached hydrogens (primary N) is 1. The van der Waals surface area contributed by atoms with Gasteiger partial charge in [-0.3, -0.25) is 4.21 Å². The van der Waals surface area contributed by atoms with E-state index < -0.39 is 10.8 Å². The first kappa shape index (κ1) is 11.5. The van der Waals surface area contributed by atoms with Gasteiger partial charge in [0.15, 0.2) is 5.69 Å². The van der Waals surface area contributed by atoms with Crippen LogP contribution in [0.4, 0.5) is 11.5 Å². The fourth-order valence-electron chi connectivity index (χ4n) is 0.981. The zero-order chi connectivity index (χ0) is 11.3. The average Bonchev–Trinajstić information content (AvgIpc) is 2.20. The minimum absolute atomic E-state index is 0.206. The molecule has 1 aromatic rings. The number of hydrogen-bond donors (Lipinski definition) is 2. The van der Waals surface area contributed by atoms with Crippen molar-refractivity contribution in [2.45, 2.75) is 0 Å². The SMILES string of the molecule is CS(=O)CCNc1ccc(N)c(C#N)n1. The van der Waals surface area contributed by atoms with Gasteiger partial charge in [0.2, 0.25) is 0 Å². The Morgan fingerprint density at radius 2 is 2.40 bits per heavy atom. The summed E-state index contributed by atoms with van der Waals surface area (Å²) in [5, 5.41) is 11.7. The fraction of sp³-hybridized carbons (Fsp3) is 0.333. The van der Waals surface area contributed by atoms with Gasteiger partial charge in [0.05, 0.1) is 5.69 Å². The molecule has 5 nitrogen and oxygen atoms in total. The molecular weight excluding hydrogens is 212 g/mol. The van der Waals surface area contributed by atoms with Crippen molar-refractivity contribution < 1.29 is 4.21 Å². The van der Waals surface area contributed by atoms with Gasteiger partial charge in [-0.1, -0.05) is 0 Å². The number of nitrogens with one attached hydrogen (secondary N) is 1. The molecule has 0 saturated carbocycles. The van der Waals surface area contributed by atoms with Crippen LogP contribution in [0.2, 0.25) is 0 Å². The maximum Gasteiger partial charge on any atom is 0.165 e. The van der Waals surface area contributed by atoms with E-state index in [-0.39, 0.29) is 5.69 Å². The molecule has 80 valence electrons. The predicted molar refractivity (Wildman–Crippen MR) is 60.8 cm³/mol. The first-order valence-corrected chi connectivity index (χ1v) is 6.06. The standard InChI is InChI=1S/C9H12N4OS/c1-15(14)5-4-12-9-3-2-7(11)8(6-10)13-9/h2-3H,4-5,11H2,1H3,(H,12,13). The summed E-state index contributed by atoms with van der Waals surface area (Å²) in [6, 6.07) is 5.21. The second-order valence-corrected chi connectivity index (χ2v) is 4.50. The molecule has 0 aliphatic heterocycles. The Kier molecular flexibility index (Phi) is 4.06. The molecule has 0 aromatic carbocycles. The van der Waals surface area contributed by atoms with E-state index in [1.54, 1.807) is 18.4 Å². The van der Waals surface area contributed by atoms with Crippen molar-refractivity contribution in [3.05, 3.63) is 17.8 Å². The van der Waals surface area contributed by atoms with Crippen LogP contribution in [0.5, 0.6) is 0 Å². The molecule has 0 fully saturated rings. The molecule has 1 aromatic heterocycles.